The van der Waals surface area contributed by atoms with Gasteiger partial charge in [0.2, 0.25) is 0 Å². The Balaban J connectivity index is 1.76. The number of benzene rings is 1. The molecule has 0 spiro atoms. The summed E-state index contributed by atoms with van der Waals surface area (Å²) in [7, 11) is 2.13. The first-order valence-corrected chi connectivity index (χ1v) is 6.52. The van der Waals surface area contributed by atoms with Crippen LogP contribution in [0.25, 0.3) is 0 Å². The second-order valence-electron chi connectivity index (χ2n) is 4.83. The van der Waals surface area contributed by atoms with Gasteiger partial charge in [-0.3, -0.25) is 4.90 Å². The van der Waals surface area contributed by atoms with Crippen LogP contribution in [0.1, 0.15) is 10.4 Å². The molecule has 1 fully saturated rings. The van der Waals surface area contributed by atoms with Gasteiger partial charge in [0.25, 0.3) is 0 Å². The van der Waals surface area contributed by atoms with Crippen molar-refractivity contribution >= 4 is 5.97 Å². The quantitative estimate of drug-likeness (QED) is 0.860. The number of carboxylic acids is 1. The van der Waals surface area contributed by atoms with Gasteiger partial charge in [-0.2, -0.15) is 0 Å². The Bertz CT molecular complexity index is 428. The van der Waals surface area contributed by atoms with Crippen LogP contribution < -0.4 is 4.74 Å². The monoisotopic (exact) mass is 264 g/mol. The van der Waals surface area contributed by atoms with Crippen molar-refractivity contribution in [2.75, 3.05) is 46.4 Å². The van der Waals surface area contributed by atoms with Crippen molar-refractivity contribution in [1.82, 2.24) is 9.80 Å². The Kier molecular flexibility index (Phi) is 4.76. The van der Waals surface area contributed by atoms with Crippen LogP contribution >= 0.6 is 0 Å². The van der Waals surface area contributed by atoms with Gasteiger partial charge >= 0.3 is 5.97 Å². The van der Waals surface area contributed by atoms with E-state index in [2.05, 4.69) is 16.8 Å². The minimum Gasteiger partial charge on any atom is -0.492 e. The highest BCUT2D eigenvalue weighted by molar-refractivity contribution is 5.87. The number of carbonyl (C=O) groups is 1. The maximum atomic E-state index is 10.8. The van der Waals surface area contributed by atoms with Crippen LogP contribution in [0.2, 0.25) is 0 Å². The van der Waals surface area contributed by atoms with Gasteiger partial charge in [-0.15, -0.1) is 0 Å². The molecule has 0 unspecified atom stereocenters. The van der Waals surface area contributed by atoms with Crippen LogP contribution in [0.3, 0.4) is 0 Å². The third kappa shape index (κ3) is 4.22. The van der Waals surface area contributed by atoms with Gasteiger partial charge in [-0.25, -0.2) is 4.79 Å². The molecular formula is C14H20N2O3. The van der Waals surface area contributed by atoms with Crippen molar-refractivity contribution < 1.29 is 14.6 Å². The predicted octanol–water partition coefficient (Wildman–Crippen LogP) is 1.01. The van der Waals surface area contributed by atoms with Crippen molar-refractivity contribution in [3.05, 3.63) is 29.8 Å². The molecule has 1 heterocycles. The number of rotatable bonds is 5. The van der Waals surface area contributed by atoms with E-state index in [1.807, 2.05) is 0 Å². The second kappa shape index (κ2) is 6.54. The molecule has 104 valence electrons. The van der Waals surface area contributed by atoms with Crippen molar-refractivity contribution in [3.63, 3.8) is 0 Å². The lowest BCUT2D eigenvalue weighted by molar-refractivity contribution is 0.0696. The number of hydrogen-bond acceptors (Lipinski definition) is 4. The SMILES string of the molecule is CN1CCN(CCOc2cccc(C(=O)O)c2)CC1. The fraction of sp³-hybridized carbons (Fsp3) is 0.500. The molecule has 1 saturated heterocycles. The first-order chi connectivity index (χ1) is 9.15. The Morgan fingerprint density at radius 2 is 2.05 bits per heavy atom. The van der Waals surface area contributed by atoms with E-state index in [1.54, 1.807) is 24.3 Å². The van der Waals surface area contributed by atoms with E-state index in [0.29, 0.717) is 12.4 Å². The van der Waals surface area contributed by atoms with E-state index in [9.17, 15) is 4.79 Å². The molecule has 0 amide bonds. The summed E-state index contributed by atoms with van der Waals surface area (Å²) in [5, 5.41) is 8.89. The molecule has 2 rings (SSSR count). The third-order valence-corrected chi connectivity index (χ3v) is 3.35. The predicted molar refractivity (Wildman–Crippen MR) is 72.8 cm³/mol. The molecule has 0 aromatic heterocycles. The van der Waals surface area contributed by atoms with E-state index in [0.717, 1.165) is 32.7 Å². The number of carboxylic acid groups (broad SMARTS) is 1. The number of ether oxygens (including phenoxy) is 1. The second-order valence-corrected chi connectivity index (χ2v) is 4.83. The molecule has 0 aliphatic carbocycles. The van der Waals surface area contributed by atoms with Gasteiger partial charge in [0.15, 0.2) is 0 Å². The molecule has 0 atom stereocenters. The first-order valence-electron chi connectivity index (χ1n) is 6.52. The van der Waals surface area contributed by atoms with E-state index in [-0.39, 0.29) is 5.56 Å². The zero-order chi connectivity index (χ0) is 13.7. The smallest absolute Gasteiger partial charge is 0.335 e. The van der Waals surface area contributed by atoms with Gasteiger partial charge in [-0.1, -0.05) is 6.07 Å². The number of piperazine rings is 1. The largest absolute Gasteiger partial charge is 0.492 e. The molecule has 1 aromatic carbocycles. The summed E-state index contributed by atoms with van der Waals surface area (Å²) in [5.41, 5.74) is 0.261. The molecule has 0 bridgehead atoms. The van der Waals surface area contributed by atoms with E-state index >= 15 is 0 Å². The van der Waals surface area contributed by atoms with Gasteiger partial charge in [0, 0.05) is 32.7 Å². The Morgan fingerprint density at radius 1 is 1.32 bits per heavy atom. The normalized spacial score (nSPS) is 17.3. The maximum Gasteiger partial charge on any atom is 0.335 e. The van der Waals surface area contributed by atoms with Crippen molar-refractivity contribution in [2.24, 2.45) is 0 Å². The zero-order valence-corrected chi connectivity index (χ0v) is 11.2. The Morgan fingerprint density at radius 3 is 2.74 bits per heavy atom. The summed E-state index contributed by atoms with van der Waals surface area (Å²) in [6.07, 6.45) is 0. The summed E-state index contributed by atoms with van der Waals surface area (Å²) in [6, 6.07) is 6.62. The van der Waals surface area contributed by atoms with E-state index in [1.165, 1.54) is 0 Å². The van der Waals surface area contributed by atoms with E-state index < -0.39 is 5.97 Å². The summed E-state index contributed by atoms with van der Waals surface area (Å²) < 4.78 is 5.61. The highest BCUT2D eigenvalue weighted by atomic mass is 16.5. The highest BCUT2D eigenvalue weighted by Crippen LogP contribution is 2.13. The summed E-state index contributed by atoms with van der Waals surface area (Å²) in [6.45, 7) is 5.78. The fourth-order valence-electron chi connectivity index (χ4n) is 2.08. The summed E-state index contributed by atoms with van der Waals surface area (Å²) in [5.74, 6) is -0.307. The molecule has 1 aliphatic rings. The molecule has 5 heteroatoms. The van der Waals surface area contributed by atoms with Crippen LogP contribution in [0.5, 0.6) is 5.75 Å². The molecule has 1 aliphatic heterocycles. The molecule has 0 radical (unpaired) electrons. The number of nitrogens with zero attached hydrogens (tertiary/aromatic N) is 2. The van der Waals surface area contributed by atoms with Crippen molar-refractivity contribution in [3.8, 4) is 5.75 Å². The lowest BCUT2D eigenvalue weighted by Gasteiger charge is -2.32. The lowest BCUT2D eigenvalue weighted by Crippen LogP contribution is -2.45. The standard InChI is InChI=1S/C14H20N2O3/c1-15-5-7-16(8-6-15)9-10-19-13-4-2-3-12(11-13)14(17)18/h2-4,11H,5-10H2,1H3,(H,17,18). The van der Waals surface area contributed by atoms with Crippen LogP contribution in [0.4, 0.5) is 0 Å². The highest BCUT2D eigenvalue weighted by Gasteiger charge is 2.13. The van der Waals surface area contributed by atoms with Gasteiger partial charge in [-0.05, 0) is 25.2 Å². The van der Waals surface area contributed by atoms with Gasteiger partial charge in [0.1, 0.15) is 12.4 Å². The van der Waals surface area contributed by atoms with Crippen LogP contribution in [0.15, 0.2) is 24.3 Å². The fourth-order valence-corrected chi connectivity index (χ4v) is 2.08. The minimum atomic E-state index is -0.926. The summed E-state index contributed by atoms with van der Waals surface area (Å²) >= 11 is 0. The van der Waals surface area contributed by atoms with Crippen LogP contribution in [-0.4, -0.2) is 67.3 Å². The number of hydrogen-bond donors (Lipinski definition) is 1. The lowest BCUT2D eigenvalue weighted by atomic mass is 10.2. The Labute approximate surface area is 113 Å². The third-order valence-electron chi connectivity index (χ3n) is 3.35. The molecule has 19 heavy (non-hydrogen) atoms. The number of aromatic carboxylic acids is 1. The molecule has 5 nitrogen and oxygen atoms in total. The zero-order valence-electron chi connectivity index (χ0n) is 11.2. The first kappa shape index (κ1) is 13.8. The maximum absolute atomic E-state index is 10.8. The minimum absolute atomic E-state index is 0.261. The number of likely N-dealkylation sites (N-methyl/N-ethyl adjacent to an activating group) is 1. The molecule has 1 N–H and O–H groups in total. The van der Waals surface area contributed by atoms with E-state index in [4.69, 9.17) is 9.84 Å². The molecular weight excluding hydrogens is 244 g/mol. The average molecular weight is 264 g/mol. The molecule has 0 saturated carbocycles. The Hall–Kier alpha value is -1.59. The average Bonchev–Trinajstić information content (AvgIpc) is 2.41. The van der Waals surface area contributed by atoms with Crippen LogP contribution in [-0.2, 0) is 0 Å². The van der Waals surface area contributed by atoms with Crippen molar-refractivity contribution in [1.29, 1.82) is 0 Å². The van der Waals surface area contributed by atoms with Gasteiger partial charge in [0.05, 0.1) is 5.56 Å². The van der Waals surface area contributed by atoms with Crippen molar-refractivity contribution in [2.45, 2.75) is 0 Å². The summed E-state index contributed by atoms with van der Waals surface area (Å²) in [4.78, 5) is 15.5. The topological polar surface area (TPSA) is 53.0 Å². The molecule has 1 aromatic rings. The van der Waals surface area contributed by atoms with Gasteiger partial charge < -0.3 is 14.7 Å². The van der Waals surface area contributed by atoms with Crippen LogP contribution in [0, 0.1) is 0 Å².